The van der Waals surface area contributed by atoms with Crippen LogP contribution in [-0.4, -0.2) is 27.8 Å². The lowest BCUT2D eigenvalue weighted by Crippen LogP contribution is -2.51. The predicted octanol–water partition coefficient (Wildman–Crippen LogP) is 2.82. The number of carbonyl (C=O) groups excluding carboxylic acids is 2. The largest absolute Gasteiger partial charge is 0.366 e. The minimum absolute atomic E-state index is 0.0158. The van der Waals surface area contributed by atoms with Crippen LogP contribution >= 0.6 is 0 Å². The molecule has 1 aliphatic heterocycles. The second-order valence-corrected chi connectivity index (χ2v) is 7.86. The number of nitrogens with zero attached hydrogens (tertiary/aromatic N) is 3. The zero-order chi connectivity index (χ0) is 20.0. The van der Waals surface area contributed by atoms with Crippen LogP contribution in [0.5, 0.6) is 0 Å². The smallest absolute Gasteiger partial charge is 0.248 e. The van der Waals surface area contributed by atoms with E-state index in [0.29, 0.717) is 17.4 Å². The Morgan fingerprint density at radius 2 is 2.00 bits per heavy atom. The molecule has 3 atom stereocenters. The second kappa shape index (κ2) is 6.89. The lowest BCUT2D eigenvalue weighted by molar-refractivity contribution is -0.117. The van der Waals surface area contributed by atoms with Gasteiger partial charge in [-0.15, -0.1) is 0 Å². The number of fused-ring (bicyclic) bond motifs is 1. The number of hydrogen-bond donors (Lipinski definition) is 2. The Bertz CT molecular complexity index is 940. The summed E-state index contributed by atoms with van der Waals surface area (Å²) in [6.45, 7) is 5.67. The Hall–Kier alpha value is -2.96. The third kappa shape index (κ3) is 3.21. The molecule has 2 aromatic rings. The molecule has 0 unspecified atom stereocenters. The lowest BCUT2D eigenvalue weighted by Gasteiger charge is -2.45. The van der Waals surface area contributed by atoms with Crippen molar-refractivity contribution in [3.63, 3.8) is 0 Å². The maximum Gasteiger partial charge on any atom is 0.248 e. The molecule has 4 rings (SSSR count). The fourth-order valence-electron chi connectivity index (χ4n) is 4.38. The van der Waals surface area contributed by atoms with Gasteiger partial charge in [-0.05, 0) is 55.5 Å². The average molecular weight is 379 g/mol. The van der Waals surface area contributed by atoms with Crippen LogP contribution in [0, 0.1) is 18.8 Å². The van der Waals surface area contributed by atoms with Crippen molar-refractivity contribution in [2.75, 3.05) is 10.2 Å². The molecule has 0 radical (unpaired) electrons. The quantitative estimate of drug-likeness (QED) is 0.851. The predicted molar refractivity (Wildman–Crippen MR) is 107 cm³/mol. The molecule has 146 valence electrons. The SMILES string of the molecule is CC(=O)N1c2ccc(C(N)=O)cc2[C@@H](Nc2nccc(C)n2)[C@H](C)[C@H]1C1CC1. The summed E-state index contributed by atoms with van der Waals surface area (Å²) in [5.74, 6) is 0.682. The lowest BCUT2D eigenvalue weighted by atomic mass is 9.79. The van der Waals surface area contributed by atoms with Crippen LogP contribution < -0.4 is 16.0 Å². The number of nitrogens with two attached hydrogens (primary N) is 1. The number of nitrogens with one attached hydrogen (secondary N) is 1. The van der Waals surface area contributed by atoms with Crippen LogP contribution in [0.1, 0.15) is 54.3 Å². The molecule has 1 aromatic carbocycles. The first-order chi connectivity index (χ1) is 13.4. The van der Waals surface area contributed by atoms with Crippen LogP contribution in [-0.2, 0) is 4.79 Å². The highest BCUT2D eigenvalue weighted by atomic mass is 16.2. The Morgan fingerprint density at radius 1 is 1.25 bits per heavy atom. The van der Waals surface area contributed by atoms with Gasteiger partial charge in [-0.2, -0.15) is 0 Å². The third-order valence-corrected chi connectivity index (χ3v) is 5.79. The van der Waals surface area contributed by atoms with Crippen molar-refractivity contribution in [2.24, 2.45) is 17.6 Å². The van der Waals surface area contributed by atoms with Crippen molar-refractivity contribution in [1.82, 2.24) is 9.97 Å². The van der Waals surface area contributed by atoms with E-state index in [1.54, 1.807) is 25.3 Å². The summed E-state index contributed by atoms with van der Waals surface area (Å²) in [5, 5.41) is 3.45. The molecule has 1 aliphatic carbocycles. The van der Waals surface area contributed by atoms with Gasteiger partial charge >= 0.3 is 0 Å². The van der Waals surface area contributed by atoms with Crippen molar-refractivity contribution in [3.8, 4) is 0 Å². The van der Waals surface area contributed by atoms with Gasteiger partial charge < -0.3 is 16.0 Å². The highest BCUT2D eigenvalue weighted by Gasteiger charge is 2.47. The van der Waals surface area contributed by atoms with E-state index in [9.17, 15) is 9.59 Å². The minimum atomic E-state index is -0.486. The van der Waals surface area contributed by atoms with Crippen molar-refractivity contribution in [2.45, 2.75) is 45.7 Å². The van der Waals surface area contributed by atoms with E-state index in [-0.39, 0.29) is 23.9 Å². The highest BCUT2D eigenvalue weighted by molar-refractivity contribution is 5.97. The molecule has 0 spiro atoms. The number of aryl methyl sites for hydroxylation is 1. The molecule has 0 bridgehead atoms. The molecule has 7 nitrogen and oxygen atoms in total. The van der Waals surface area contributed by atoms with E-state index in [2.05, 4.69) is 22.2 Å². The van der Waals surface area contributed by atoms with Gasteiger partial charge in [-0.3, -0.25) is 9.59 Å². The van der Waals surface area contributed by atoms with Crippen LogP contribution in [0.2, 0.25) is 0 Å². The fourth-order valence-corrected chi connectivity index (χ4v) is 4.38. The zero-order valence-electron chi connectivity index (χ0n) is 16.3. The number of amides is 2. The van der Waals surface area contributed by atoms with Gasteiger partial charge in [0.25, 0.3) is 0 Å². The summed E-state index contributed by atoms with van der Waals surface area (Å²) >= 11 is 0. The molecule has 1 aromatic heterocycles. The summed E-state index contributed by atoms with van der Waals surface area (Å²) in [6.07, 6.45) is 3.97. The average Bonchev–Trinajstić information content (AvgIpc) is 3.47. The molecular weight excluding hydrogens is 354 g/mol. The summed E-state index contributed by atoms with van der Waals surface area (Å²) < 4.78 is 0. The van der Waals surface area contributed by atoms with Crippen LogP contribution in [0.15, 0.2) is 30.5 Å². The zero-order valence-corrected chi connectivity index (χ0v) is 16.3. The molecule has 1 fully saturated rings. The molecule has 28 heavy (non-hydrogen) atoms. The molecule has 2 heterocycles. The topological polar surface area (TPSA) is 101 Å². The number of carbonyl (C=O) groups is 2. The molecule has 2 aliphatic rings. The molecule has 7 heteroatoms. The van der Waals surface area contributed by atoms with E-state index in [1.165, 1.54) is 0 Å². The molecule has 3 N–H and O–H groups in total. The van der Waals surface area contributed by atoms with Gasteiger partial charge in [-0.25, -0.2) is 9.97 Å². The van der Waals surface area contributed by atoms with Crippen molar-refractivity contribution < 1.29 is 9.59 Å². The summed E-state index contributed by atoms with van der Waals surface area (Å²) in [7, 11) is 0. The Kier molecular flexibility index (Phi) is 4.53. The number of hydrogen-bond acceptors (Lipinski definition) is 5. The molecular formula is C21H25N5O2. The number of benzene rings is 1. The molecule has 0 saturated heterocycles. The summed E-state index contributed by atoms with van der Waals surface area (Å²) in [6, 6.07) is 7.14. The van der Waals surface area contributed by atoms with E-state index < -0.39 is 5.91 Å². The Balaban J connectivity index is 1.83. The first-order valence-corrected chi connectivity index (χ1v) is 9.66. The Labute approximate surface area is 164 Å². The van der Waals surface area contributed by atoms with Gasteiger partial charge in [0.15, 0.2) is 0 Å². The monoisotopic (exact) mass is 379 g/mol. The summed E-state index contributed by atoms with van der Waals surface area (Å²) in [4.78, 5) is 35.1. The standard InChI is InChI=1S/C21H25N5O2/c1-11-8-9-23-21(24-11)25-18-12(2)19(14-4-5-14)26(13(3)27)17-7-6-15(20(22)28)10-16(17)18/h6-10,12,14,18-19H,4-5H2,1-3H3,(H2,22,28)(H,23,24,25)/t12-,18-,19-/m0/s1. The second-order valence-electron chi connectivity index (χ2n) is 7.86. The maximum atomic E-state index is 12.6. The number of rotatable bonds is 4. The van der Waals surface area contributed by atoms with Crippen LogP contribution in [0.4, 0.5) is 11.6 Å². The van der Waals surface area contributed by atoms with Gasteiger partial charge in [0.05, 0.1) is 6.04 Å². The van der Waals surface area contributed by atoms with Crippen LogP contribution in [0.3, 0.4) is 0 Å². The van der Waals surface area contributed by atoms with Crippen molar-refractivity contribution in [3.05, 3.63) is 47.3 Å². The normalized spacial score (nSPS) is 23.8. The molecule has 1 saturated carbocycles. The van der Waals surface area contributed by atoms with E-state index in [1.807, 2.05) is 24.0 Å². The number of aromatic nitrogens is 2. The van der Waals surface area contributed by atoms with Gasteiger partial charge in [0, 0.05) is 42.0 Å². The first-order valence-electron chi connectivity index (χ1n) is 9.66. The van der Waals surface area contributed by atoms with Gasteiger partial charge in [-0.1, -0.05) is 6.92 Å². The maximum absolute atomic E-state index is 12.6. The van der Waals surface area contributed by atoms with Crippen LogP contribution in [0.25, 0.3) is 0 Å². The van der Waals surface area contributed by atoms with Crippen molar-refractivity contribution >= 4 is 23.5 Å². The summed E-state index contributed by atoms with van der Waals surface area (Å²) in [5.41, 5.74) is 8.52. The fraction of sp³-hybridized carbons (Fsp3) is 0.429. The number of primary amides is 1. The first kappa shape index (κ1) is 18.4. The van der Waals surface area contributed by atoms with Crippen molar-refractivity contribution in [1.29, 1.82) is 0 Å². The van der Waals surface area contributed by atoms with E-state index in [4.69, 9.17) is 5.73 Å². The third-order valence-electron chi connectivity index (χ3n) is 5.79. The number of anilines is 2. The Morgan fingerprint density at radius 3 is 2.61 bits per heavy atom. The van der Waals surface area contributed by atoms with Gasteiger partial charge in [0.2, 0.25) is 17.8 Å². The highest BCUT2D eigenvalue weighted by Crippen LogP contribution is 2.50. The van der Waals surface area contributed by atoms with E-state index in [0.717, 1.165) is 29.8 Å². The minimum Gasteiger partial charge on any atom is -0.366 e. The molecule has 2 amide bonds. The van der Waals surface area contributed by atoms with Gasteiger partial charge in [0.1, 0.15) is 0 Å². The van der Waals surface area contributed by atoms with E-state index >= 15 is 0 Å².